The van der Waals surface area contributed by atoms with E-state index in [1.165, 1.54) is 13.8 Å². The Morgan fingerprint density at radius 2 is 1.56 bits per heavy atom. The molecular weight excluding hydrogens is 212 g/mol. The largest absolute Gasteiger partial charge is 0.465 e. The van der Waals surface area contributed by atoms with E-state index >= 15 is 0 Å². The zero-order valence-corrected chi connectivity index (χ0v) is 10.3. The van der Waals surface area contributed by atoms with E-state index in [0.29, 0.717) is 0 Å². The number of carbonyl (C=O) groups is 2. The third kappa shape index (κ3) is 3.81. The van der Waals surface area contributed by atoms with Gasteiger partial charge in [-0.3, -0.25) is 9.59 Å². The number of carbonyl (C=O) groups excluding carboxylic acids is 2. The molecule has 0 aliphatic carbocycles. The first-order valence-electron chi connectivity index (χ1n) is 5.41. The predicted octanol–water partition coefficient (Wildman–Crippen LogP) is 0.890. The van der Waals surface area contributed by atoms with Crippen LogP contribution in [0.1, 0.15) is 34.1 Å². The molecule has 0 aliphatic heterocycles. The molecule has 0 aliphatic rings. The summed E-state index contributed by atoms with van der Waals surface area (Å²) in [4.78, 5) is 23.4. The van der Waals surface area contributed by atoms with Crippen molar-refractivity contribution in [2.75, 3.05) is 13.2 Å². The smallest absolute Gasteiger partial charge is 0.323 e. The number of rotatable bonds is 6. The van der Waals surface area contributed by atoms with Gasteiger partial charge >= 0.3 is 11.9 Å². The van der Waals surface area contributed by atoms with Crippen LogP contribution >= 0.6 is 0 Å². The van der Waals surface area contributed by atoms with E-state index in [0.717, 1.165) is 0 Å². The van der Waals surface area contributed by atoms with E-state index in [2.05, 4.69) is 0 Å². The molecule has 0 spiro atoms. The Balaban J connectivity index is 4.86. The SMILES string of the molecule is CCOC(=O)C(C)(CC(C)O)C(=O)OCC. The van der Waals surface area contributed by atoms with Gasteiger partial charge in [0, 0.05) is 0 Å². The van der Waals surface area contributed by atoms with E-state index in [-0.39, 0.29) is 19.6 Å². The maximum atomic E-state index is 11.7. The predicted molar refractivity (Wildman–Crippen MR) is 57.7 cm³/mol. The van der Waals surface area contributed by atoms with Gasteiger partial charge in [-0.1, -0.05) is 0 Å². The molecule has 5 nitrogen and oxygen atoms in total. The molecule has 0 radical (unpaired) electrons. The average molecular weight is 232 g/mol. The van der Waals surface area contributed by atoms with Gasteiger partial charge in [0.2, 0.25) is 0 Å². The highest BCUT2D eigenvalue weighted by Gasteiger charge is 2.45. The lowest BCUT2D eigenvalue weighted by molar-refractivity contribution is -0.172. The third-order valence-corrected chi connectivity index (χ3v) is 2.16. The molecule has 1 N–H and O–H groups in total. The van der Waals surface area contributed by atoms with Crippen LogP contribution in [0.5, 0.6) is 0 Å². The first-order chi connectivity index (χ1) is 7.38. The molecule has 16 heavy (non-hydrogen) atoms. The normalized spacial score (nSPS) is 13.1. The van der Waals surface area contributed by atoms with Crippen LogP contribution in [0, 0.1) is 5.41 Å². The summed E-state index contributed by atoms with van der Waals surface area (Å²) in [5.41, 5.74) is -1.43. The van der Waals surface area contributed by atoms with E-state index in [1.54, 1.807) is 13.8 Å². The molecule has 0 bridgehead atoms. The Kier molecular flexibility index (Phi) is 6.03. The molecule has 0 aromatic rings. The molecule has 0 saturated carbocycles. The lowest BCUT2D eigenvalue weighted by Crippen LogP contribution is -2.41. The van der Waals surface area contributed by atoms with Gasteiger partial charge in [-0.15, -0.1) is 0 Å². The van der Waals surface area contributed by atoms with Gasteiger partial charge in [0.25, 0.3) is 0 Å². The first kappa shape index (κ1) is 14.9. The Morgan fingerprint density at radius 3 is 1.81 bits per heavy atom. The van der Waals surface area contributed by atoms with Gasteiger partial charge in [-0.25, -0.2) is 0 Å². The number of ether oxygens (including phenoxy) is 2. The maximum Gasteiger partial charge on any atom is 0.323 e. The van der Waals surface area contributed by atoms with Gasteiger partial charge in [0.15, 0.2) is 5.41 Å². The van der Waals surface area contributed by atoms with Crippen molar-refractivity contribution >= 4 is 11.9 Å². The van der Waals surface area contributed by atoms with Crippen LogP contribution in [0.3, 0.4) is 0 Å². The number of esters is 2. The van der Waals surface area contributed by atoms with E-state index in [1.807, 2.05) is 0 Å². The Morgan fingerprint density at radius 1 is 1.19 bits per heavy atom. The summed E-state index contributed by atoms with van der Waals surface area (Å²) in [7, 11) is 0. The van der Waals surface area contributed by atoms with Crippen LogP contribution in [0.15, 0.2) is 0 Å². The summed E-state index contributed by atoms with van der Waals surface area (Å²) in [5.74, 6) is -1.32. The topological polar surface area (TPSA) is 72.8 Å². The van der Waals surface area contributed by atoms with E-state index < -0.39 is 23.5 Å². The fourth-order valence-electron chi connectivity index (χ4n) is 1.42. The standard InChI is InChI=1S/C11H20O5/c1-5-15-9(13)11(4,7-8(3)12)10(14)16-6-2/h8,12H,5-7H2,1-4H3. The lowest BCUT2D eigenvalue weighted by atomic mass is 9.84. The minimum atomic E-state index is -1.43. The highest BCUT2D eigenvalue weighted by Crippen LogP contribution is 2.27. The Labute approximate surface area is 95.7 Å². The van der Waals surface area contributed by atoms with Crippen molar-refractivity contribution in [3.05, 3.63) is 0 Å². The number of hydrogen-bond acceptors (Lipinski definition) is 5. The fourth-order valence-corrected chi connectivity index (χ4v) is 1.42. The van der Waals surface area contributed by atoms with E-state index in [9.17, 15) is 14.7 Å². The zero-order valence-electron chi connectivity index (χ0n) is 10.3. The monoisotopic (exact) mass is 232 g/mol. The van der Waals surface area contributed by atoms with E-state index in [4.69, 9.17) is 9.47 Å². The van der Waals surface area contributed by atoms with Gasteiger partial charge in [0.1, 0.15) is 0 Å². The van der Waals surface area contributed by atoms with Crippen LogP contribution < -0.4 is 0 Å². The van der Waals surface area contributed by atoms with Crippen LogP contribution in [-0.2, 0) is 19.1 Å². The Bertz CT molecular complexity index is 229. The van der Waals surface area contributed by atoms with Crippen LogP contribution in [0.25, 0.3) is 0 Å². The van der Waals surface area contributed by atoms with Crippen molar-refractivity contribution < 1.29 is 24.2 Å². The molecule has 1 atom stereocenters. The van der Waals surface area contributed by atoms with Crippen LogP contribution in [0.4, 0.5) is 0 Å². The quantitative estimate of drug-likeness (QED) is 0.544. The number of hydrogen-bond donors (Lipinski definition) is 1. The van der Waals surface area contributed by atoms with Crippen molar-refractivity contribution in [2.24, 2.45) is 5.41 Å². The summed E-state index contributed by atoms with van der Waals surface area (Å²) >= 11 is 0. The minimum Gasteiger partial charge on any atom is -0.465 e. The second-order valence-electron chi connectivity index (χ2n) is 3.83. The fraction of sp³-hybridized carbons (Fsp3) is 0.818. The molecule has 1 unspecified atom stereocenters. The van der Waals surface area contributed by atoms with Gasteiger partial charge < -0.3 is 14.6 Å². The highest BCUT2D eigenvalue weighted by atomic mass is 16.6. The van der Waals surface area contributed by atoms with Crippen molar-refractivity contribution in [3.63, 3.8) is 0 Å². The summed E-state index contributed by atoms with van der Waals surface area (Å²) in [6.07, 6.45) is -0.788. The molecule has 0 aromatic heterocycles. The molecule has 0 heterocycles. The summed E-state index contributed by atoms with van der Waals surface area (Å²) in [5, 5.41) is 9.31. The lowest BCUT2D eigenvalue weighted by Gasteiger charge is -2.25. The molecule has 5 heteroatoms. The molecule has 94 valence electrons. The minimum absolute atomic E-state index is 0.00926. The molecular formula is C11H20O5. The van der Waals surface area contributed by atoms with Gasteiger partial charge in [-0.05, 0) is 34.1 Å². The summed E-state index contributed by atoms with van der Waals surface area (Å²) in [6, 6.07) is 0. The number of aliphatic hydroxyl groups is 1. The van der Waals surface area contributed by atoms with Gasteiger partial charge in [0.05, 0.1) is 19.3 Å². The maximum absolute atomic E-state index is 11.7. The molecule has 0 rings (SSSR count). The summed E-state index contributed by atoms with van der Waals surface area (Å²) < 4.78 is 9.65. The molecule has 0 amide bonds. The van der Waals surface area contributed by atoms with Crippen LogP contribution in [-0.4, -0.2) is 36.4 Å². The average Bonchev–Trinajstić information content (AvgIpc) is 2.17. The van der Waals surface area contributed by atoms with Crippen LogP contribution in [0.2, 0.25) is 0 Å². The zero-order chi connectivity index (χ0) is 12.8. The summed E-state index contributed by atoms with van der Waals surface area (Å²) in [6.45, 7) is 6.63. The number of aliphatic hydroxyl groups excluding tert-OH is 1. The second-order valence-corrected chi connectivity index (χ2v) is 3.83. The van der Waals surface area contributed by atoms with Crippen molar-refractivity contribution in [1.82, 2.24) is 0 Å². The van der Waals surface area contributed by atoms with Crippen molar-refractivity contribution in [3.8, 4) is 0 Å². The second kappa shape index (κ2) is 6.48. The molecule has 0 saturated heterocycles. The van der Waals surface area contributed by atoms with Crippen molar-refractivity contribution in [1.29, 1.82) is 0 Å². The first-order valence-corrected chi connectivity index (χ1v) is 5.41. The highest BCUT2D eigenvalue weighted by molar-refractivity contribution is 5.99. The van der Waals surface area contributed by atoms with Gasteiger partial charge in [-0.2, -0.15) is 0 Å². The Hall–Kier alpha value is -1.10. The third-order valence-electron chi connectivity index (χ3n) is 2.16. The molecule has 0 aromatic carbocycles. The molecule has 0 fully saturated rings. The van der Waals surface area contributed by atoms with Crippen molar-refractivity contribution in [2.45, 2.75) is 40.2 Å².